The summed E-state index contributed by atoms with van der Waals surface area (Å²) in [6, 6.07) is 8.05. The zero-order valence-electron chi connectivity index (χ0n) is 25.5. The Bertz CT molecular complexity index is 1860. The van der Waals surface area contributed by atoms with Gasteiger partial charge in [-0.1, -0.05) is 41.4 Å². The molecule has 16 heteroatoms. The van der Waals surface area contributed by atoms with Crippen LogP contribution in [0.15, 0.2) is 48.5 Å². The van der Waals surface area contributed by atoms with E-state index >= 15 is 4.39 Å². The highest BCUT2D eigenvalue weighted by molar-refractivity contribution is 6.31. The number of ether oxygens (including phenoxy) is 2. The number of carbonyl (C=O) groups excluding carboxylic acids is 2. The third kappa shape index (κ3) is 5.23. The molecule has 1 aliphatic carbocycles. The Morgan fingerprint density at radius 3 is 2.52 bits per heavy atom. The van der Waals surface area contributed by atoms with E-state index in [1.54, 1.807) is 11.0 Å². The second kappa shape index (κ2) is 12.6. The predicted octanol–water partition coefficient (Wildman–Crippen LogP) is 5.63. The lowest BCUT2D eigenvalue weighted by Gasteiger charge is -2.39. The number of halogens is 3. The van der Waals surface area contributed by atoms with Crippen LogP contribution in [0.1, 0.15) is 58.3 Å². The van der Waals surface area contributed by atoms with E-state index in [1.165, 1.54) is 36.4 Å². The number of likely N-dealkylation sites (tertiary alicyclic amines) is 1. The first-order chi connectivity index (χ1) is 22.9. The topological polar surface area (TPSA) is 174 Å². The summed E-state index contributed by atoms with van der Waals surface area (Å²) in [7, 11) is 2.20. The number of hydrogen-bond donors (Lipinski definition) is 2. The van der Waals surface area contributed by atoms with Gasteiger partial charge in [0, 0.05) is 33.3 Å². The number of benzene rings is 3. The number of aliphatic hydroxyl groups is 1. The van der Waals surface area contributed by atoms with Crippen molar-refractivity contribution in [3.05, 3.63) is 107 Å². The summed E-state index contributed by atoms with van der Waals surface area (Å²) < 4.78 is 25.9. The number of hydrogen-bond acceptors (Lipinski definition) is 10. The van der Waals surface area contributed by atoms with Crippen molar-refractivity contribution in [1.82, 2.24) is 4.90 Å². The van der Waals surface area contributed by atoms with Gasteiger partial charge in [0.15, 0.2) is 0 Å². The van der Waals surface area contributed by atoms with Crippen molar-refractivity contribution in [2.75, 3.05) is 26.1 Å². The van der Waals surface area contributed by atoms with Crippen LogP contribution >= 0.6 is 23.2 Å². The molecule has 1 spiro atoms. The fourth-order valence-corrected chi connectivity index (χ4v) is 7.77. The van der Waals surface area contributed by atoms with Crippen molar-refractivity contribution in [1.29, 1.82) is 0 Å². The Labute approximate surface area is 282 Å². The molecule has 0 bridgehead atoms. The van der Waals surface area contributed by atoms with Crippen LogP contribution in [-0.2, 0) is 15.1 Å². The first-order valence-corrected chi connectivity index (χ1v) is 15.7. The van der Waals surface area contributed by atoms with Gasteiger partial charge in [0.05, 0.1) is 47.8 Å². The molecule has 1 amide bonds. The summed E-state index contributed by atoms with van der Waals surface area (Å²) in [5.41, 5.74) is -2.68. The number of esters is 1. The van der Waals surface area contributed by atoms with Crippen LogP contribution in [0.4, 0.5) is 15.8 Å². The number of methoxy groups -OCH3 is 2. The van der Waals surface area contributed by atoms with Crippen LogP contribution in [0.2, 0.25) is 10.0 Å². The van der Waals surface area contributed by atoms with Gasteiger partial charge in [0.1, 0.15) is 16.9 Å². The van der Waals surface area contributed by atoms with Crippen LogP contribution in [0, 0.1) is 32.0 Å². The molecule has 2 aliphatic heterocycles. The Kier molecular flexibility index (Phi) is 8.79. The minimum absolute atomic E-state index is 0.0369. The lowest BCUT2D eigenvalue weighted by atomic mass is 9.73. The zero-order valence-corrected chi connectivity index (χ0v) is 27.0. The van der Waals surface area contributed by atoms with Gasteiger partial charge in [0.2, 0.25) is 11.8 Å². The molecule has 1 saturated heterocycles. The maximum atomic E-state index is 16.0. The van der Waals surface area contributed by atoms with E-state index in [0.29, 0.717) is 11.3 Å². The lowest BCUT2D eigenvalue weighted by molar-refractivity contribution is -0.528. The van der Waals surface area contributed by atoms with Gasteiger partial charge >= 0.3 is 11.7 Å². The molecule has 13 nitrogen and oxygen atoms in total. The smallest absolute Gasteiger partial charge is 0.341 e. The molecule has 48 heavy (non-hydrogen) atoms. The van der Waals surface area contributed by atoms with E-state index in [1.807, 2.05) is 0 Å². The van der Waals surface area contributed by atoms with E-state index in [-0.39, 0.29) is 39.2 Å². The van der Waals surface area contributed by atoms with Gasteiger partial charge in [0.25, 0.3) is 5.91 Å². The van der Waals surface area contributed by atoms with E-state index in [0.717, 1.165) is 33.1 Å². The molecular weight excluding hydrogens is 674 g/mol. The van der Waals surface area contributed by atoms with Crippen molar-refractivity contribution in [2.24, 2.45) is 5.92 Å². The summed E-state index contributed by atoms with van der Waals surface area (Å²) in [4.78, 5) is 52.5. The summed E-state index contributed by atoms with van der Waals surface area (Å²) in [5, 5.41) is 40.1. The molecule has 0 aromatic heterocycles. The van der Waals surface area contributed by atoms with Crippen LogP contribution < -0.4 is 10.1 Å². The largest absolute Gasteiger partial charge is 0.490 e. The molecule has 3 aromatic rings. The number of fused-ring (bicyclic) bond motifs is 2. The Morgan fingerprint density at radius 1 is 1.17 bits per heavy atom. The second-order valence-electron chi connectivity index (χ2n) is 12.1. The molecular formula is C32H29Cl2FN4O9. The van der Waals surface area contributed by atoms with Crippen molar-refractivity contribution >= 4 is 46.5 Å². The van der Waals surface area contributed by atoms with Gasteiger partial charge in [-0.05, 0) is 55.5 Å². The molecule has 1 saturated carbocycles. The number of rotatable bonds is 10. The third-order valence-corrected chi connectivity index (χ3v) is 10.0. The highest BCUT2D eigenvalue weighted by atomic mass is 35.5. The maximum Gasteiger partial charge on any atom is 0.341 e. The fraction of sp³-hybridized carbons (Fsp3) is 0.375. The van der Waals surface area contributed by atoms with E-state index < -0.39 is 75.0 Å². The molecule has 2 N–H and O–H groups in total. The molecule has 2 heterocycles. The number of nitrogens with one attached hydrogen (secondary N) is 1. The van der Waals surface area contributed by atoms with Crippen molar-refractivity contribution in [3.63, 3.8) is 0 Å². The minimum Gasteiger partial charge on any atom is -0.490 e. The summed E-state index contributed by atoms with van der Waals surface area (Å²) in [5.74, 6) is -4.40. The van der Waals surface area contributed by atoms with Crippen molar-refractivity contribution in [2.45, 2.75) is 48.9 Å². The molecule has 1 unspecified atom stereocenters. The highest BCUT2D eigenvalue weighted by Crippen LogP contribution is 2.60. The SMILES string of the molecule is COC(=O)c1ccc(C(O)C[C@H]2[C@@H]([N+](=O)[O-])[C@H](c3cccc(Cl)c3F)[C@]3(C(=O)Nc4cc(Cl)ccc43)N2CC2CC2)c([N+](=O)[O-])c1OC. The Hall–Kier alpha value is -4.37. The predicted molar refractivity (Wildman–Crippen MR) is 170 cm³/mol. The second-order valence-corrected chi connectivity index (χ2v) is 12.9. The van der Waals surface area contributed by atoms with Crippen molar-refractivity contribution in [3.8, 4) is 5.75 Å². The van der Waals surface area contributed by atoms with Crippen LogP contribution in [0.5, 0.6) is 5.75 Å². The number of anilines is 1. The third-order valence-electron chi connectivity index (χ3n) is 9.52. The van der Waals surface area contributed by atoms with Gasteiger partial charge in [-0.2, -0.15) is 0 Å². The summed E-state index contributed by atoms with van der Waals surface area (Å²) in [6.07, 6.45) is -0.687. The average molecular weight is 704 g/mol. The maximum absolute atomic E-state index is 16.0. The molecule has 3 aliphatic rings. The number of amides is 1. The molecule has 0 radical (unpaired) electrons. The number of nitro groups is 2. The Balaban J connectivity index is 1.57. The monoisotopic (exact) mass is 702 g/mol. The van der Waals surface area contributed by atoms with Crippen LogP contribution in [0.25, 0.3) is 0 Å². The number of aliphatic hydroxyl groups excluding tert-OH is 1. The van der Waals surface area contributed by atoms with Crippen LogP contribution in [0.3, 0.4) is 0 Å². The zero-order chi connectivity index (χ0) is 34.7. The van der Waals surface area contributed by atoms with Gasteiger partial charge in [-0.25, -0.2) is 9.18 Å². The number of nitro benzene ring substituents is 1. The molecule has 2 fully saturated rings. The van der Waals surface area contributed by atoms with Gasteiger partial charge in [-0.3, -0.25) is 29.9 Å². The highest BCUT2D eigenvalue weighted by Gasteiger charge is 2.71. The van der Waals surface area contributed by atoms with E-state index in [9.17, 15) is 34.9 Å². The van der Waals surface area contributed by atoms with Gasteiger partial charge in [-0.15, -0.1) is 0 Å². The minimum atomic E-state index is -1.85. The lowest BCUT2D eigenvalue weighted by Crippen LogP contribution is -2.53. The average Bonchev–Trinajstić information content (AvgIpc) is 3.77. The summed E-state index contributed by atoms with van der Waals surface area (Å²) >= 11 is 12.5. The fourth-order valence-electron chi connectivity index (χ4n) is 7.41. The Morgan fingerprint density at radius 2 is 1.90 bits per heavy atom. The van der Waals surface area contributed by atoms with E-state index in [2.05, 4.69) is 5.32 Å². The van der Waals surface area contributed by atoms with E-state index in [4.69, 9.17) is 32.7 Å². The number of nitrogens with zero attached hydrogens (tertiary/aromatic N) is 3. The van der Waals surface area contributed by atoms with Crippen molar-refractivity contribution < 1.29 is 38.4 Å². The molecule has 5 atom stereocenters. The summed E-state index contributed by atoms with van der Waals surface area (Å²) in [6.45, 7) is 0.169. The standard InChI is InChI=1S/C32H29Cl2FN4O9/c1-47-29-19(30(41)48-2)10-9-17(27(29)38(43)44)24(40)13-23-28(39(45)46)25(18-4-3-5-21(34)26(18)35)32(37(23)14-15-6-7-15)20-11-8-16(33)12-22(20)36-31(32)42/h3-5,8-12,15,23-25,28,40H,6-7,13-14H2,1-2H3,(H,36,42)/t23-,24?,25-,28+,32+/m0/s1. The molecule has 6 rings (SSSR count). The normalized spacial score (nSPS) is 23.9. The quantitative estimate of drug-likeness (QED) is 0.153. The van der Waals surface area contributed by atoms with Gasteiger partial charge < -0.3 is 19.9 Å². The first-order valence-electron chi connectivity index (χ1n) is 14.9. The number of carbonyl (C=O) groups is 2. The van der Waals surface area contributed by atoms with Crippen LogP contribution in [-0.4, -0.2) is 64.6 Å². The molecule has 3 aromatic carbocycles. The first kappa shape index (κ1) is 33.5. The molecule has 252 valence electrons.